The van der Waals surface area contributed by atoms with E-state index in [4.69, 9.17) is 14.2 Å². The second-order valence-electron chi connectivity index (χ2n) is 7.90. The van der Waals surface area contributed by atoms with Gasteiger partial charge in [-0.05, 0) is 25.1 Å². The van der Waals surface area contributed by atoms with Crippen molar-refractivity contribution in [1.82, 2.24) is 20.7 Å². The minimum Gasteiger partial charge on any atom is -0.493 e. The number of methoxy groups -OCH3 is 3. The van der Waals surface area contributed by atoms with Crippen molar-refractivity contribution < 1.29 is 28.6 Å². The molecule has 0 aromatic heterocycles. The largest absolute Gasteiger partial charge is 0.493 e. The number of ether oxygens (including phenoxy) is 3. The first-order valence-corrected chi connectivity index (χ1v) is 10.8. The molecular weight excluding hydrogens is 440 g/mol. The number of nitrogens with one attached hydrogen (secondary N) is 2. The number of carbonyl (C=O) groups excluding carboxylic acids is 3. The summed E-state index contributed by atoms with van der Waals surface area (Å²) in [5.74, 6) is 0.448. The molecule has 3 rings (SSSR count). The van der Waals surface area contributed by atoms with Crippen molar-refractivity contribution in [1.29, 1.82) is 0 Å². The van der Waals surface area contributed by atoms with Crippen LogP contribution >= 0.6 is 0 Å². The fraction of sp³-hybridized carbons (Fsp3) is 0.375. The number of likely N-dealkylation sites (N-methyl/N-ethyl adjacent to an activating group) is 1. The van der Waals surface area contributed by atoms with E-state index in [0.717, 1.165) is 10.6 Å². The molecule has 34 heavy (non-hydrogen) atoms. The predicted octanol–water partition coefficient (Wildman–Crippen LogP) is 2.03. The molecule has 1 saturated heterocycles. The molecule has 1 unspecified atom stereocenters. The third kappa shape index (κ3) is 4.62. The highest BCUT2D eigenvalue weighted by molar-refractivity contribution is 6.08. The van der Waals surface area contributed by atoms with Gasteiger partial charge >= 0.3 is 6.03 Å². The molecule has 2 aromatic carbocycles. The Morgan fingerprint density at radius 2 is 1.71 bits per heavy atom. The van der Waals surface area contributed by atoms with Gasteiger partial charge in [-0.25, -0.2) is 4.79 Å². The average molecular weight is 471 g/mol. The Morgan fingerprint density at radius 3 is 2.29 bits per heavy atom. The van der Waals surface area contributed by atoms with Crippen molar-refractivity contribution in [3.63, 3.8) is 0 Å². The monoisotopic (exact) mass is 470 g/mol. The van der Waals surface area contributed by atoms with Crippen LogP contribution in [0.4, 0.5) is 4.79 Å². The topological polar surface area (TPSA) is 109 Å². The molecule has 1 heterocycles. The summed E-state index contributed by atoms with van der Waals surface area (Å²) >= 11 is 0. The number of carbonyl (C=O) groups is 3. The summed E-state index contributed by atoms with van der Waals surface area (Å²) in [5, 5.41) is 3.49. The SMILES string of the molecule is CCC1(c2ccccc2)NC(=O)N(NC(=O)CN(C)Cc2ccc(OC)c(OC)c2OC)C1=O. The van der Waals surface area contributed by atoms with Gasteiger partial charge in [-0.2, -0.15) is 5.01 Å². The van der Waals surface area contributed by atoms with E-state index >= 15 is 0 Å². The molecular formula is C24H30N4O6. The van der Waals surface area contributed by atoms with Crippen LogP contribution in [0.3, 0.4) is 0 Å². The van der Waals surface area contributed by atoms with Gasteiger partial charge in [0.1, 0.15) is 5.54 Å². The molecule has 0 aliphatic carbocycles. The second-order valence-corrected chi connectivity index (χ2v) is 7.90. The first-order valence-electron chi connectivity index (χ1n) is 10.8. The van der Waals surface area contributed by atoms with Crippen molar-refractivity contribution >= 4 is 17.8 Å². The lowest BCUT2D eigenvalue weighted by Gasteiger charge is -2.26. The summed E-state index contributed by atoms with van der Waals surface area (Å²) in [5.41, 5.74) is 2.66. The number of hydrogen-bond acceptors (Lipinski definition) is 7. The van der Waals surface area contributed by atoms with E-state index in [1.165, 1.54) is 21.3 Å². The third-order valence-corrected chi connectivity index (χ3v) is 5.76. The fourth-order valence-corrected chi connectivity index (χ4v) is 4.08. The van der Waals surface area contributed by atoms with Crippen LogP contribution in [0.15, 0.2) is 42.5 Å². The van der Waals surface area contributed by atoms with E-state index in [1.54, 1.807) is 49.2 Å². The smallest absolute Gasteiger partial charge is 0.344 e. The van der Waals surface area contributed by atoms with E-state index in [1.807, 2.05) is 12.1 Å². The Balaban J connectivity index is 1.69. The van der Waals surface area contributed by atoms with Gasteiger partial charge in [0, 0.05) is 12.1 Å². The normalized spacial score (nSPS) is 17.5. The van der Waals surface area contributed by atoms with Gasteiger partial charge in [0.05, 0.1) is 27.9 Å². The van der Waals surface area contributed by atoms with Gasteiger partial charge in [0.2, 0.25) is 5.75 Å². The molecule has 0 radical (unpaired) electrons. The number of rotatable bonds is 10. The maximum atomic E-state index is 13.2. The molecule has 10 heteroatoms. The highest BCUT2D eigenvalue weighted by Crippen LogP contribution is 2.40. The summed E-state index contributed by atoms with van der Waals surface area (Å²) in [6, 6.07) is 11.9. The lowest BCUT2D eigenvalue weighted by atomic mass is 9.87. The summed E-state index contributed by atoms with van der Waals surface area (Å²) in [6.45, 7) is 2.08. The van der Waals surface area contributed by atoms with Crippen LogP contribution in [0.2, 0.25) is 0 Å². The van der Waals surface area contributed by atoms with Gasteiger partial charge in [0.15, 0.2) is 11.5 Å². The maximum Gasteiger partial charge on any atom is 0.344 e. The molecule has 0 spiro atoms. The molecule has 2 N–H and O–H groups in total. The number of nitrogens with zero attached hydrogens (tertiary/aromatic N) is 2. The number of amides is 4. The van der Waals surface area contributed by atoms with Crippen LogP contribution in [0.5, 0.6) is 17.2 Å². The van der Waals surface area contributed by atoms with Gasteiger partial charge in [-0.1, -0.05) is 43.3 Å². The third-order valence-electron chi connectivity index (χ3n) is 5.76. The molecule has 1 atom stereocenters. The molecule has 1 fully saturated rings. The Kier molecular flexibility index (Phi) is 7.62. The fourth-order valence-electron chi connectivity index (χ4n) is 4.08. The van der Waals surface area contributed by atoms with E-state index in [2.05, 4.69) is 10.7 Å². The van der Waals surface area contributed by atoms with E-state index in [-0.39, 0.29) is 6.54 Å². The molecule has 10 nitrogen and oxygen atoms in total. The van der Waals surface area contributed by atoms with Crippen LogP contribution in [0.1, 0.15) is 24.5 Å². The van der Waals surface area contributed by atoms with Crippen molar-refractivity contribution in [2.45, 2.75) is 25.4 Å². The lowest BCUT2D eigenvalue weighted by Crippen LogP contribution is -2.50. The highest BCUT2D eigenvalue weighted by Gasteiger charge is 2.52. The number of urea groups is 1. The Morgan fingerprint density at radius 1 is 1.03 bits per heavy atom. The minimum absolute atomic E-state index is 0.0704. The first-order chi connectivity index (χ1) is 16.3. The van der Waals surface area contributed by atoms with Crippen molar-refractivity contribution in [2.75, 3.05) is 34.9 Å². The van der Waals surface area contributed by atoms with Gasteiger partial charge in [-0.3, -0.25) is 19.9 Å². The molecule has 1 aliphatic rings. The maximum absolute atomic E-state index is 13.2. The van der Waals surface area contributed by atoms with Gasteiger partial charge in [0.25, 0.3) is 11.8 Å². The first kappa shape index (κ1) is 24.8. The van der Waals surface area contributed by atoms with Crippen molar-refractivity contribution in [3.8, 4) is 17.2 Å². The van der Waals surface area contributed by atoms with Gasteiger partial charge in [-0.15, -0.1) is 0 Å². The van der Waals surface area contributed by atoms with Gasteiger partial charge < -0.3 is 19.5 Å². The lowest BCUT2D eigenvalue weighted by molar-refractivity contribution is -0.139. The summed E-state index contributed by atoms with van der Waals surface area (Å²) in [6.07, 6.45) is 0.340. The number of hydrogen-bond donors (Lipinski definition) is 2. The van der Waals surface area contributed by atoms with Crippen LogP contribution in [-0.2, 0) is 21.7 Å². The van der Waals surface area contributed by atoms with E-state index in [9.17, 15) is 14.4 Å². The zero-order valence-corrected chi connectivity index (χ0v) is 20.0. The summed E-state index contributed by atoms with van der Waals surface area (Å²) < 4.78 is 16.2. The Labute approximate surface area is 198 Å². The summed E-state index contributed by atoms with van der Waals surface area (Å²) in [4.78, 5) is 40.2. The number of hydrazine groups is 1. The molecule has 0 saturated carbocycles. The van der Waals surface area contributed by atoms with E-state index < -0.39 is 23.4 Å². The highest BCUT2D eigenvalue weighted by atomic mass is 16.5. The number of imide groups is 1. The minimum atomic E-state index is -1.22. The summed E-state index contributed by atoms with van der Waals surface area (Å²) in [7, 11) is 6.32. The van der Waals surface area contributed by atoms with Crippen LogP contribution in [-0.4, -0.2) is 62.7 Å². The predicted molar refractivity (Wildman–Crippen MR) is 124 cm³/mol. The quantitative estimate of drug-likeness (QED) is 0.512. The molecule has 1 aliphatic heterocycles. The zero-order chi connectivity index (χ0) is 24.9. The van der Waals surface area contributed by atoms with E-state index in [0.29, 0.717) is 35.8 Å². The van der Waals surface area contributed by atoms with Crippen molar-refractivity contribution in [3.05, 3.63) is 53.6 Å². The Bertz CT molecular complexity index is 1060. The number of benzene rings is 2. The molecule has 2 aromatic rings. The average Bonchev–Trinajstić information content (AvgIpc) is 3.09. The van der Waals surface area contributed by atoms with Crippen LogP contribution in [0, 0.1) is 0 Å². The van der Waals surface area contributed by atoms with Crippen LogP contribution < -0.4 is 25.0 Å². The second kappa shape index (κ2) is 10.4. The zero-order valence-electron chi connectivity index (χ0n) is 20.0. The van der Waals surface area contributed by atoms with Crippen LogP contribution in [0.25, 0.3) is 0 Å². The molecule has 182 valence electrons. The Hall–Kier alpha value is -3.79. The van der Waals surface area contributed by atoms with Crippen molar-refractivity contribution in [2.24, 2.45) is 0 Å². The molecule has 4 amide bonds. The standard InChI is InChI=1S/C24H30N4O6/c1-6-24(17-10-8-7-9-11-17)22(30)28(23(31)25-24)26-19(29)15-27(2)14-16-12-13-18(32-3)21(34-5)20(16)33-4/h7-13H,6,14-15H2,1-5H3,(H,25,31)(H,26,29). The molecule has 0 bridgehead atoms.